The first-order valence-corrected chi connectivity index (χ1v) is 5.67. The van der Waals surface area contributed by atoms with E-state index in [4.69, 9.17) is 0 Å². The molecule has 2 nitrogen and oxygen atoms in total. The third-order valence-corrected chi connectivity index (χ3v) is 3.22. The molecular weight excluding hydrogens is 208 g/mol. The number of allylic oxidation sites excluding steroid dienone is 2. The Morgan fingerprint density at radius 3 is 2.33 bits per heavy atom. The topological polar surface area (TPSA) is 37.3 Å². The zero-order valence-electron chi connectivity index (χ0n) is 8.86. The van der Waals surface area contributed by atoms with Gasteiger partial charge in [0.1, 0.15) is 5.76 Å². The van der Waals surface area contributed by atoms with Gasteiger partial charge in [-0.15, -0.1) is 11.8 Å². The smallest absolute Gasteiger partial charge is 0.169 e. The molecule has 0 heterocycles. The van der Waals surface area contributed by atoms with E-state index < -0.39 is 0 Å². The zero-order chi connectivity index (χ0) is 11.3. The van der Waals surface area contributed by atoms with Crippen LogP contribution >= 0.6 is 11.8 Å². The van der Waals surface area contributed by atoms with E-state index in [1.165, 1.54) is 25.6 Å². The lowest BCUT2D eigenvalue weighted by atomic mass is 10.2. The maximum atomic E-state index is 11.2. The van der Waals surface area contributed by atoms with Gasteiger partial charge in [-0.3, -0.25) is 4.79 Å². The quantitative estimate of drug-likeness (QED) is 0.627. The van der Waals surface area contributed by atoms with E-state index in [-0.39, 0.29) is 11.5 Å². The number of thioether (sulfide) groups is 1. The highest BCUT2D eigenvalue weighted by Crippen LogP contribution is 2.23. The van der Waals surface area contributed by atoms with Crippen LogP contribution in [0.5, 0.6) is 0 Å². The molecule has 0 amide bonds. The summed E-state index contributed by atoms with van der Waals surface area (Å²) in [5.41, 5.74) is 1.14. The molecule has 1 N–H and O–H groups in total. The largest absolute Gasteiger partial charge is 0.511 e. The van der Waals surface area contributed by atoms with Crippen LogP contribution in [0.2, 0.25) is 0 Å². The van der Waals surface area contributed by atoms with Gasteiger partial charge in [0.05, 0.1) is 4.91 Å². The molecule has 0 spiro atoms. The van der Waals surface area contributed by atoms with Crippen LogP contribution in [0.1, 0.15) is 19.4 Å². The first-order chi connectivity index (χ1) is 7.11. The monoisotopic (exact) mass is 222 g/mol. The molecule has 0 saturated heterocycles. The van der Waals surface area contributed by atoms with E-state index in [2.05, 4.69) is 0 Å². The number of hydrogen-bond donors (Lipinski definition) is 1. The van der Waals surface area contributed by atoms with Crippen molar-refractivity contribution >= 4 is 17.5 Å². The molecule has 0 aliphatic heterocycles. The second-order valence-corrected chi connectivity index (χ2v) is 4.23. The van der Waals surface area contributed by atoms with Crippen LogP contribution in [0.4, 0.5) is 0 Å². The molecule has 0 bridgehead atoms. The first-order valence-electron chi connectivity index (χ1n) is 4.68. The van der Waals surface area contributed by atoms with Gasteiger partial charge in [0, 0.05) is 5.75 Å². The van der Waals surface area contributed by atoms with Crippen molar-refractivity contribution in [2.24, 2.45) is 0 Å². The Morgan fingerprint density at radius 2 is 1.87 bits per heavy atom. The minimum Gasteiger partial charge on any atom is -0.511 e. The molecule has 0 fully saturated rings. The molecule has 0 atom stereocenters. The second-order valence-electron chi connectivity index (χ2n) is 3.24. The summed E-state index contributed by atoms with van der Waals surface area (Å²) in [5, 5.41) is 9.30. The molecule has 80 valence electrons. The maximum absolute atomic E-state index is 11.2. The number of ketones is 1. The van der Waals surface area contributed by atoms with Gasteiger partial charge in [-0.2, -0.15) is 0 Å². The predicted molar refractivity (Wildman–Crippen MR) is 63.7 cm³/mol. The number of aliphatic hydroxyl groups excluding tert-OH is 1. The number of carbonyl (C=O) groups is 1. The Hall–Kier alpha value is -1.22. The Kier molecular flexibility index (Phi) is 4.43. The molecule has 0 aromatic heterocycles. The van der Waals surface area contributed by atoms with Crippen LogP contribution in [0.15, 0.2) is 41.0 Å². The van der Waals surface area contributed by atoms with Gasteiger partial charge < -0.3 is 5.11 Å². The summed E-state index contributed by atoms with van der Waals surface area (Å²) in [6, 6.07) is 9.86. The number of rotatable bonds is 4. The van der Waals surface area contributed by atoms with Gasteiger partial charge in [0.15, 0.2) is 5.78 Å². The van der Waals surface area contributed by atoms with Crippen molar-refractivity contribution in [2.45, 2.75) is 19.6 Å². The maximum Gasteiger partial charge on any atom is 0.169 e. The number of carbonyl (C=O) groups excluding carboxylic acids is 1. The number of benzene rings is 1. The van der Waals surface area contributed by atoms with Crippen molar-refractivity contribution in [3.05, 3.63) is 46.6 Å². The van der Waals surface area contributed by atoms with Crippen molar-refractivity contribution < 1.29 is 9.90 Å². The van der Waals surface area contributed by atoms with Gasteiger partial charge >= 0.3 is 0 Å². The summed E-state index contributed by atoms with van der Waals surface area (Å²) in [4.78, 5) is 11.6. The van der Waals surface area contributed by atoms with Crippen LogP contribution in [0.25, 0.3) is 0 Å². The average molecular weight is 222 g/mol. The van der Waals surface area contributed by atoms with Gasteiger partial charge in [-0.05, 0) is 19.4 Å². The van der Waals surface area contributed by atoms with Crippen molar-refractivity contribution in [2.75, 3.05) is 0 Å². The fourth-order valence-corrected chi connectivity index (χ4v) is 2.11. The lowest BCUT2D eigenvalue weighted by Crippen LogP contribution is -1.96. The lowest BCUT2D eigenvalue weighted by Gasteiger charge is -2.04. The second kappa shape index (κ2) is 5.61. The third kappa shape index (κ3) is 3.80. The predicted octanol–water partition coefficient (Wildman–Crippen LogP) is 3.30. The van der Waals surface area contributed by atoms with E-state index in [1.54, 1.807) is 0 Å². The van der Waals surface area contributed by atoms with Crippen molar-refractivity contribution in [1.29, 1.82) is 0 Å². The fourth-order valence-electron chi connectivity index (χ4n) is 1.19. The Morgan fingerprint density at radius 1 is 1.27 bits per heavy atom. The number of aliphatic hydroxyl groups is 1. The third-order valence-electron chi connectivity index (χ3n) is 1.87. The first kappa shape index (κ1) is 11.9. The van der Waals surface area contributed by atoms with E-state index >= 15 is 0 Å². The van der Waals surface area contributed by atoms with E-state index in [0.29, 0.717) is 10.7 Å². The van der Waals surface area contributed by atoms with Crippen LogP contribution in [-0.4, -0.2) is 10.9 Å². The minimum absolute atomic E-state index is 0.0871. The Bertz CT molecular complexity index is 364. The molecule has 3 heteroatoms. The fraction of sp³-hybridized carbons (Fsp3) is 0.250. The van der Waals surface area contributed by atoms with E-state index in [1.807, 2.05) is 30.3 Å². The molecule has 0 aliphatic rings. The molecule has 0 radical (unpaired) electrons. The highest BCUT2D eigenvalue weighted by atomic mass is 32.2. The van der Waals surface area contributed by atoms with Gasteiger partial charge in [-0.25, -0.2) is 0 Å². The summed E-state index contributed by atoms with van der Waals surface area (Å²) < 4.78 is 0. The number of Topliss-reactive ketones (excluding diaryl/α,β-unsaturated/α-hetero) is 1. The average Bonchev–Trinajstić information content (AvgIpc) is 2.18. The van der Waals surface area contributed by atoms with Gasteiger partial charge in [-0.1, -0.05) is 30.3 Å². The standard InChI is InChI=1S/C12H14O2S/c1-9(13)12(10(2)14)15-8-11-6-4-3-5-7-11/h3-7,13H,8H2,1-2H3. The van der Waals surface area contributed by atoms with E-state index in [0.717, 1.165) is 5.56 Å². The van der Waals surface area contributed by atoms with Crippen molar-refractivity contribution in [3.63, 3.8) is 0 Å². The molecule has 0 aliphatic carbocycles. The van der Waals surface area contributed by atoms with Crippen molar-refractivity contribution in [1.82, 2.24) is 0 Å². The van der Waals surface area contributed by atoms with E-state index in [9.17, 15) is 9.90 Å². The SMILES string of the molecule is CC(=O)C(SCc1ccccc1)=C(C)O. The molecule has 0 saturated carbocycles. The molecule has 1 aromatic carbocycles. The van der Waals surface area contributed by atoms with Crippen LogP contribution in [0.3, 0.4) is 0 Å². The summed E-state index contributed by atoms with van der Waals surface area (Å²) in [5.74, 6) is 0.715. The molecule has 1 rings (SSSR count). The molecule has 1 aromatic rings. The van der Waals surface area contributed by atoms with Crippen LogP contribution < -0.4 is 0 Å². The summed E-state index contributed by atoms with van der Waals surface area (Å²) in [7, 11) is 0. The van der Waals surface area contributed by atoms with Crippen LogP contribution in [-0.2, 0) is 10.5 Å². The highest BCUT2D eigenvalue weighted by Gasteiger charge is 2.08. The molecule has 15 heavy (non-hydrogen) atoms. The minimum atomic E-state index is -0.0871. The van der Waals surface area contributed by atoms with Gasteiger partial charge in [0.2, 0.25) is 0 Å². The van der Waals surface area contributed by atoms with Gasteiger partial charge in [0.25, 0.3) is 0 Å². The lowest BCUT2D eigenvalue weighted by molar-refractivity contribution is -0.113. The zero-order valence-corrected chi connectivity index (χ0v) is 9.67. The molecule has 0 unspecified atom stereocenters. The highest BCUT2D eigenvalue weighted by molar-refractivity contribution is 8.03. The van der Waals surface area contributed by atoms with Crippen molar-refractivity contribution in [3.8, 4) is 0 Å². The summed E-state index contributed by atoms with van der Waals surface area (Å²) in [6.07, 6.45) is 0. The number of hydrogen-bond acceptors (Lipinski definition) is 3. The normalized spacial score (nSPS) is 12.1. The Labute approximate surface area is 94.0 Å². The molecular formula is C12H14O2S. The summed E-state index contributed by atoms with van der Waals surface area (Å²) in [6.45, 7) is 3.00. The van der Waals surface area contributed by atoms with Crippen LogP contribution in [0, 0.1) is 0 Å². The summed E-state index contributed by atoms with van der Waals surface area (Å²) >= 11 is 1.37. The Balaban J connectivity index is 2.64.